The van der Waals surface area contributed by atoms with Gasteiger partial charge in [0, 0.05) is 13.7 Å². The molecule has 0 saturated carbocycles. The predicted octanol–water partition coefficient (Wildman–Crippen LogP) is -0.629. The van der Waals surface area contributed by atoms with E-state index in [1.165, 1.54) is 6.33 Å². The summed E-state index contributed by atoms with van der Waals surface area (Å²) in [4.78, 5) is 8.05. The molecule has 0 aromatic carbocycles. The normalized spacial score (nSPS) is 12.9. The lowest BCUT2D eigenvalue weighted by atomic mass is 10.2. The summed E-state index contributed by atoms with van der Waals surface area (Å²) in [7, 11) is 1.59. The molecule has 0 aliphatic rings. The van der Waals surface area contributed by atoms with Crippen LogP contribution in [0, 0.1) is 0 Å². The molecule has 2 heterocycles. The number of rotatable bonds is 5. The Bertz CT molecular complexity index is 421. The minimum atomic E-state index is -0.122. The molecule has 0 spiro atoms. The van der Waals surface area contributed by atoms with E-state index in [1.807, 2.05) is 0 Å². The van der Waals surface area contributed by atoms with E-state index in [2.05, 4.69) is 25.3 Å². The van der Waals surface area contributed by atoms with Crippen LogP contribution in [0.25, 0.3) is 11.6 Å². The molecule has 2 aromatic rings. The summed E-state index contributed by atoms with van der Waals surface area (Å²) >= 11 is 0. The summed E-state index contributed by atoms with van der Waals surface area (Å²) in [6.07, 6.45) is 1.74. The van der Waals surface area contributed by atoms with Gasteiger partial charge < -0.3 is 15.0 Å². The van der Waals surface area contributed by atoms with Crippen LogP contribution >= 0.6 is 0 Å². The summed E-state index contributed by atoms with van der Waals surface area (Å²) in [6.45, 7) is 0.399. The van der Waals surface area contributed by atoms with Gasteiger partial charge in [0.2, 0.25) is 11.7 Å². The van der Waals surface area contributed by atoms with E-state index in [9.17, 15) is 0 Å². The second-order valence-electron chi connectivity index (χ2n) is 3.14. The maximum absolute atomic E-state index is 5.49. The summed E-state index contributed by atoms with van der Waals surface area (Å²) in [6, 6.07) is 0. The monoisotopic (exact) mass is 224 g/mol. The van der Waals surface area contributed by atoms with Crippen molar-refractivity contribution in [2.45, 2.75) is 12.5 Å². The van der Waals surface area contributed by atoms with Gasteiger partial charge in [-0.25, -0.2) is 4.98 Å². The molecule has 86 valence electrons. The van der Waals surface area contributed by atoms with Gasteiger partial charge in [-0.05, 0) is 0 Å². The first kappa shape index (κ1) is 10.7. The molecular formula is C8H12N6O2. The Kier molecular flexibility index (Phi) is 3.22. The number of aromatic amines is 1. The zero-order chi connectivity index (χ0) is 11.4. The van der Waals surface area contributed by atoms with Crippen molar-refractivity contribution in [3.05, 3.63) is 12.2 Å². The largest absolute Gasteiger partial charge is 0.380 e. The van der Waals surface area contributed by atoms with Crippen LogP contribution in [0.3, 0.4) is 0 Å². The molecule has 1 atom stereocenters. The molecule has 3 N–H and O–H groups in total. The first-order valence-corrected chi connectivity index (χ1v) is 4.74. The highest BCUT2D eigenvalue weighted by Crippen LogP contribution is 2.10. The van der Waals surface area contributed by atoms with Crippen molar-refractivity contribution in [2.24, 2.45) is 5.73 Å². The Morgan fingerprint density at radius 2 is 2.50 bits per heavy atom. The lowest BCUT2D eigenvalue weighted by Gasteiger charge is -2.08. The lowest BCUT2D eigenvalue weighted by molar-refractivity contribution is 0.102. The quantitative estimate of drug-likeness (QED) is 0.694. The van der Waals surface area contributed by atoms with Crippen molar-refractivity contribution in [1.82, 2.24) is 25.3 Å². The molecule has 0 saturated heterocycles. The topological polar surface area (TPSA) is 116 Å². The fraction of sp³-hybridized carbons (Fsp3) is 0.500. The molecule has 0 aliphatic heterocycles. The molecule has 1 unspecified atom stereocenters. The molecule has 0 fully saturated rings. The average molecular weight is 224 g/mol. The zero-order valence-corrected chi connectivity index (χ0v) is 8.75. The van der Waals surface area contributed by atoms with Crippen molar-refractivity contribution >= 4 is 0 Å². The number of aromatic nitrogens is 5. The van der Waals surface area contributed by atoms with Gasteiger partial charge in [0.15, 0.2) is 5.82 Å². The van der Waals surface area contributed by atoms with Crippen LogP contribution in [0.1, 0.15) is 5.89 Å². The third-order valence-corrected chi connectivity index (χ3v) is 2.09. The van der Waals surface area contributed by atoms with Crippen molar-refractivity contribution in [2.75, 3.05) is 13.7 Å². The van der Waals surface area contributed by atoms with Gasteiger partial charge in [0.05, 0.1) is 12.5 Å². The number of ether oxygens (including phenoxy) is 1. The third kappa shape index (κ3) is 2.23. The summed E-state index contributed by atoms with van der Waals surface area (Å²) in [5.74, 6) is 1.31. The molecule has 2 aromatic heterocycles. The lowest BCUT2D eigenvalue weighted by Crippen LogP contribution is -2.24. The highest BCUT2D eigenvalue weighted by Gasteiger charge is 2.14. The number of hydrogen-bond donors (Lipinski definition) is 2. The number of nitrogens with one attached hydrogen (secondary N) is 1. The van der Waals surface area contributed by atoms with Crippen LogP contribution in [0.15, 0.2) is 10.9 Å². The molecule has 8 heteroatoms. The number of hydrogen-bond acceptors (Lipinski definition) is 7. The van der Waals surface area contributed by atoms with E-state index < -0.39 is 0 Å². The molecular weight excluding hydrogens is 212 g/mol. The second-order valence-corrected chi connectivity index (χ2v) is 3.14. The summed E-state index contributed by atoms with van der Waals surface area (Å²) < 4.78 is 10.2. The van der Waals surface area contributed by atoms with Crippen LogP contribution in [0.5, 0.6) is 0 Å². The smallest absolute Gasteiger partial charge is 0.239 e. The molecule has 0 radical (unpaired) electrons. The minimum absolute atomic E-state index is 0.122. The fourth-order valence-corrected chi connectivity index (χ4v) is 1.20. The molecule has 16 heavy (non-hydrogen) atoms. The molecule has 0 aliphatic carbocycles. The fourth-order valence-electron chi connectivity index (χ4n) is 1.20. The van der Waals surface area contributed by atoms with E-state index in [0.29, 0.717) is 30.5 Å². The van der Waals surface area contributed by atoms with Gasteiger partial charge in [0.25, 0.3) is 0 Å². The van der Waals surface area contributed by atoms with Gasteiger partial charge in [-0.1, -0.05) is 5.16 Å². The highest BCUT2D eigenvalue weighted by atomic mass is 16.5. The van der Waals surface area contributed by atoms with Crippen LogP contribution in [0.4, 0.5) is 0 Å². The number of nitrogens with two attached hydrogens (primary N) is 1. The van der Waals surface area contributed by atoms with E-state index in [-0.39, 0.29) is 6.10 Å². The Morgan fingerprint density at radius 3 is 3.12 bits per heavy atom. The first-order chi connectivity index (χ1) is 7.83. The Labute approximate surface area is 91.2 Å². The van der Waals surface area contributed by atoms with E-state index in [0.717, 1.165) is 0 Å². The summed E-state index contributed by atoms with van der Waals surface area (Å²) in [5.41, 5.74) is 5.49. The van der Waals surface area contributed by atoms with E-state index >= 15 is 0 Å². The van der Waals surface area contributed by atoms with Gasteiger partial charge in [-0.3, -0.25) is 5.10 Å². The van der Waals surface area contributed by atoms with Crippen molar-refractivity contribution < 1.29 is 9.26 Å². The number of H-pyrrole nitrogens is 1. The molecule has 8 nitrogen and oxygen atoms in total. The maximum atomic E-state index is 5.49. The molecule has 2 rings (SSSR count). The van der Waals surface area contributed by atoms with Gasteiger partial charge in [-0.2, -0.15) is 10.1 Å². The first-order valence-electron chi connectivity index (χ1n) is 4.74. The van der Waals surface area contributed by atoms with Gasteiger partial charge in [-0.15, -0.1) is 0 Å². The summed E-state index contributed by atoms with van der Waals surface area (Å²) in [5, 5.41) is 10.1. The third-order valence-electron chi connectivity index (χ3n) is 2.09. The van der Waals surface area contributed by atoms with Crippen LogP contribution in [-0.2, 0) is 11.2 Å². The van der Waals surface area contributed by atoms with Gasteiger partial charge in [0.1, 0.15) is 6.33 Å². The van der Waals surface area contributed by atoms with Crippen LogP contribution in [0.2, 0.25) is 0 Å². The number of nitrogens with zero attached hydrogens (tertiary/aromatic N) is 4. The highest BCUT2D eigenvalue weighted by molar-refractivity contribution is 5.39. The SMILES string of the molecule is COC(CN)Cc1nc(-c2ncn[nH]2)no1. The standard InChI is InChI=1S/C8H12N6O2/c1-15-5(3-9)2-6-12-8(14-16-6)7-10-4-11-13-7/h4-5H,2-3,9H2,1H3,(H,10,11,13). The minimum Gasteiger partial charge on any atom is -0.380 e. The van der Waals surface area contributed by atoms with Crippen molar-refractivity contribution in [1.29, 1.82) is 0 Å². The van der Waals surface area contributed by atoms with Gasteiger partial charge >= 0.3 is 0 Å². The molecule has 0 amide bonds. The van der Waals surface area contributed by atoms with Crippen LogP contribution in [-0.4, -0.2) is 45.1 Å². The Hall–Kier alpha value is -1.80. The Balaban J connectivity index is 2.08. The zero-order valence-electron chi connectivity index (χ0n) is 8.75. The van der Waals surface area contributed by atoms with E-state index in [1.54, 1.807) is 7.11 Å². The Morgan fingerprint density at radius 1 is 1.62 bits per heavy atom. The molecule has 0 bridgehead atoms. The maximum Gasteiger partial charge on any atom is 0.239 e. The van der Waals surface area contributed by atoms with Crippen LogP contribution < -0.4 is 5.73 Å². The van der Waals surface area contributed by atoms with Crippen molar-refractivity contribution in [3.63, 3.8) is 0 Å². The average Bonchev–Trinajstić information content (AvgIpc) is 2.96. The number of methoxy groups -OCH3 is 1. The van der Waals surface area contributed by atoms with Crippen molar-refractivity contribution in [3.8, 4) is 11.6 Å². The van der Waals surface area contributed by atoms with E-state index in [4.69, 9.17) is 15.0 Å². The second kappa shape index (κ2) is 4.81. The predicted molar refractivity (Wildman–Crippen MR) is 53.2 cm³/mol.